The second-order valence-corrected chi connectivity index (χ2v) is 6.18. The Morgan fingerprint density at radius 1 is 1.41 bits per heavy atom. The van der Waals surface area contributed by atoms with Crippen LogP contribution in [0.15, 0.2) is 17.5 Å². The van der Waals surface area contributed by atoms with E-state index in [1.165, 1.54) is 17.8 Å². The van der Waals surface area contributed by atoms with Gasteiger partial charge in [-0.05, 0) is 50.1 Å². The summed E-state index contributed by atoms with van der Waals surface area (Å²) in [6.45, 7) is 5.53. The molecule has 2 nitrogen and oxygen atoms in total. The molecule has 17 heavy (non-hydrogen) atoms. The number of rotatable bonds is 5. The zero-order valence-electron chi connectivity index (χ0n) is 10.7. The van der Waals surface area contributed by atoms with Gasteiger partial charge in [0.2, 0.25) is 0 Å². The van der Waals surface area contributed by atoms with Crippen LogP contribution in [0.25, 0.3) is 0 Å². The van der Waals surface area contributed by atoms with E-state index in [1.54, 1.807) is 11.3 Å². The molecule has 0 aliphatic carbocycles. The van der Waals surface area contributed by atoms with Crippen molar-refractivity contribution in [3.05, 3.63) is 22.4 Å². The van der Waals surface area contributed by atoms with Crippen molar-refractivity contribution in [3.63, 3.8) is 0 Å². The van der Waals surface area contributed by atoms with Crippen LogP contribution in [0.5, 0.6) is 0 Å². The van der Waals surface area contributed by atoms with Crippen LogP contribution in [-0.2, 0) is 6.42 Å². The second kappa shape index (κ2) is 5.98. The molecule has 1 aliphatic rings. The standard InChI is InChI=1S/C14H23NOS/c1-2-9-15-10-7-14(16,8-11-15)6-5-13-4-3-12-17-13/h3-4,12,16H,2,5-11H2,1H3. The first kappa shape index (κ1) is 13.1. The lowest BCUT2D eigenvalue weighted by Crippen LogP contribution is -2.44. The van der Waals surface area contributed by atoms with Crippen LogP contribution in [0.3, 0.4) is 0 Å². The Morgan fingerprint density at radius 3 is 2.76 bits per heavy atom. The molecule has 1 fully saturated rings. The molecule has 0 atom stereocenters. The highest BCUT2D eigenvalue weighted by Gasteiger charge is 2.31. The van der Waals surface area contributed by atoms with E-state index in [1.807, 2.05) is 0 Å². The van der Waals surface area contributed by atoms with Crippen LogP contribution in [-0.4, -0.2) is 35.2 Å². The second-order valence-electron chi connectivity index (χ2n) is 5.15. The maximum atomic E-state index is 10.5. The normalized spacial score (nSPS) is 20.6. The van der Waals surface area contributed by atoms with E-state index in [9.17, 15) is 5.11 Å². The number of likely N-dealkylation sites (tertiary alicyclic amines) is 1. The van der Waals surface area contributed by atoms with Crippen molar-refractivity contribution in [1.82, 2.24) is 4.90 Å². The molecule has 2 heterocycles. The van der Waals surface area contributed by atoms with Crippen LogP contribution in [0, 0.1) is 0 Å². The van der Waals surface area contributed by atoms with Gasteiger partial charge in [-0.2, -0.15) is 0 Å². The molecular weight excluding hydrogens is 230 g/mol. The zero-order valence-corrected chi connectivity index (χ0v) is 11.5. The van der Waals surface area contributed by atoms with Crippen LogP contribution >= 0.6 is 11.3 Å². The van der Waals surface area contributed by atoms with E-state index in [4.69, 9.17) is 0 Å². The predicted molar refractivity (Wildman–Crippen MR) is 73.6 cm³/mol. The number of hydrogen-bond acceptors (Lipinski definition) is 3. The van der Waals surface area contributed by atoms with Crippen molar-refractivity contribution in [1.29, 1.82) is 0 Å². The van der Waals surface area contributed by atoms with Crippen LogP contribution in [0.4, 0.5) is 0 Å². The maximum absolute atomic E-state index is 10.5. The maximum Gasteiger partial charge on any atom is 0.0675 e. The molecule has 1 N–H and O–H groups in total. The average Bonchev–Trinajstić information content (AvgIpc) is 2.84. The topological polar surface area (TPSA) is 23.5 Å². The first-order valence-electron chi connectivity index (χ1n) is 6.69. The van der Waals surface area contributed by atoms with E-state index in [0.29, 0.717) is 0 Å². The number of thiophene rings is 1. The summed E-state index contributed by atoms with van der Waals surface area (Å²) in [5, 5.41) is 12.6. The number of aliphatic hydroxyl groups is 1. The summed E-state index contributed by atoms with van der Waals surface area (Å²) in [6.07, 6.45) is 5.06. The van der Waals surface area contributed by atoms with Crippen molar-refractivity contribution in [2.45, 2.75) is 44.6 Å². The van der Waals surface area contributed by atoms with Crippen molar-refractivity contribution in [2.75, 3.05) is 19.6 Å². The fraction of sp³-hybridized carbons (Fsp3) is 0.714. The van der Waals surface area contributed by atoms with Gasteiger partial charge in [-0.15, -0.1) is 11.3 Å². The summed E-state index contributed by atoms with van der Waals surface area (Å²) < 4.78 is 0. The molecule has 1 aliphatic heterocycles. The Morgan fingerprint density at radius 2 is 2.18 bits per heavy atom. The van der Waals surface area contributed by atoms with Crippen molar-refractivity contribution in [2.24, 2.45) is 0 Å². The van der Waals surface area contributed by atoms with E-state index < -0.39 is 5.60 Å². The van der Waals surface area contributed by atoms with Gasteiger partial charge in [0.05, 0.1) is 5.60 Å². The van der Waals surface area contributed by atoms with Gasteiger partial charge in [-0.3, -0.25) is 0 Å². The van der Waals surface area contributed by atoms with Gasteiger partial charge < -0.3 is 10.0 Å². The predicted octanol–water partition coefficient (Wildman–Crippen LogP) is 2.92. The average molecular weight is 253 g/mol. The van der Waals surface area contributed by atoms with Crippen LogP contribution in [0.1, 0.15) is 37.5 Å². The molecule has 0 amide bonds. The molecule has 1 saturated heterocycles. The molecule has 1 aromatic heterocycles. The Labute approximate surface area is 108 Å². The lowest BCUT2D eigenvalue weighted by molar-refractivity contribution is -0.0270. The third-order valence-electron chi connectivity index (χ3n) is 3.74. The summed E-state index contributed by atoms with van der Waals surface area (Å²) in [7, 11) is 0. The number of aryl methyl sites for hydroxylation is 1. The zero-order chi connectivity index (χ0) is 12.1. The van der Waals surface area contributed by atoms with Gasteiger partial charge in [0.25, 0.3) is 0 Å². The third kappa shape index (κ3) is 3.80. The van der Waals surface area contributed by atoms with Crippen LogP contribution in [0.2, 0.25) is 0 Å². The Bertz CT molecular complexity index is 315. The molecule has 0 radical (unpaired) electrons. The van der Waals surface area contributed by atoms with Gasteiger partial charge in [0.15, 0.2) is 0 Å². The monoisotopic (exact) mass is 253 g/mol. The van der Waals surface area contributed by atoms with E-state index >= 15 is 0 Å². The molecule has 96 valence electrons. The highest BCUT2D eigenvalue weighted by Crippen LogP contribution is 2.28. The minimum absolute atomic E-state index is 0.409. The highest BCUT2D eigenvalue weighted by molar-refractivity contribution is 7.09. The molecule has 1 aromatic rings. The van der Waals surface area contributed by atoms with Gasteiger partial charge in [-0.25, -0.2) is 0 Å². The van der Waals surface area contributed by atoms with E-state index in [0.717, 1.165) is 38.8 Å². The van der Waals surface area contributed by atoms with Crippen LogP contribution < -0.4 is 0 Å². The number of nitrogens with zero attached hydrogens (tertiary/aromatic N) is 1. The first-order chi connectivity index (χ1) is 8.22. The van der Waals surface area contributed by atoms with Gasteiger partial charge in [-0.1, -0.05) is 13.0 Å². The lowest BCUT2D eigenvalue weighted by Gasteiger charge is -2.38. The van der Waals surface area contributed by atoms with Crippen molar-refractivity contribution in [3.8, 4) is 0 Å². The summed E-state index contributed by atoms with van der Waals surface area (Å²) in [6, 6.07) is 4.26. The summed E-state index contributed by atoms with van der Waals surface area (Å²) in [5.41, 5.74) is -0.409. The Balaban J connectivity index is 1.77. The van der Waals surface area contributed by atoms with E-state index in [-0.39, 0.29) is 0 Å². The van der Waals surface area contributed by atoms with Gasteiger partial charge >= 0.3 is 0 Å². The molecule has 0 aromatic carbocycles. The lowest BCUT2D eigenvalue weighted by atomic mass is 9.87. The quantitative estimate of drug-likeness (QED) is 0.872. The molecule has 0 bridgehead atoms. The smallest absolute Gasteiger partial charge is 0.0675 e. The number of piperidine rings is 1. The van der Waals surface area contributed by atoms with Crippen molar-refractivity contribution >= 4 is 11.3 Å². The summed E-state index contributed by atoms with van der Waals surface area (Å²) in [4.78, 5) is 3.87. The minimum atomic E-state index is -0.409. The first-order valence-corrected chi connectivity index (χ1v) is 7.57. The molecule has 0 unspecified atom stereocenters. The Hall–Kier alpha value is -0.380. The van der Waals surface area contributed by atoms with Gasteiger partial charge in [0, 0.05) is 18.0 Å². The fourth-order valence-electron chi connectivity index (χ4n) is 2.57. The third-order valence-corrected chi connectivity index (χ3v) is 4.68. The molecule has 0 saturated carbocycles. The van der Waals surface area contributed by atoms with E-state index in [2.05, 4.69) is 29.3 Å². The SMILES string of the molecule is CCCN1CCC(O)(CCc2cccs2)CC1. The molecule has 0 spiro atoms. The number of hydrogen-bond donors (Lipinski definition) is 1. The van der Waals surface area contributed by atoms with Gasteiger partial charge in [0.1, 0.15) is 0 Å². The highest BCUT2D eigenvalue weighted by atomic mass is 32.1. The summed E-state index contributed by atoms with van der Waals surface area (Å²) in [5.74, 6) is 0. The fourth-order valence-corrected chi connectivity index (χ4v) is 3.28. The Kier molecular flexibility index (Phi) is 4.60. The minimum Gasteiger partial charge on any atom is -0.390 e. The molecule has 3 heteroatoms. The molecule has 2 rings (SSSR count). The van der Waals surface area contributed by atoms with Crippen molar-refractivity contribution < 1.29 is 5.11 Å². The largest absolute Gasteiger partial charge is 0.390 e. The summed E-state index contributed by atoms with van der Waals surface area (Å²) >= 11 is 1.80. The molecular formula is C14H23NOS.